The molecule has 0 amide bonds. The topological polar surface area (TPSA) is 3.24 Å². The van der Waals surface area contributed by atoms with Crippen LogP contribution in [0.25, 0.3) is 0 Å². The molecule has 0 N–H and O–H groups in total. The largest absolute Gasteiger partial charge is 0.301 e. The molecule has 10 heavy (non-hydrogen) atoms. The summed E-state index contributed by atoms with van der Waals surface area (Å²) in [6, 6.07) is 0. The Bertz CT molecular complexity index is 105. The molecule has 1 nitrogen and oxygen atoms in total. The van der Waals surface area contributed by atoms with E-state index in [-0.39, 0.29) is 5.92 Å². The third-order valence-corrected chi connectivity index (χ3v) is 2.40. The first-order valence-corrected chi connectivity index (χ1v) is 4.10. The lowest BCUT2D eigenvalue weighted by Crippen LogP contribution is -2.40. The monoisotopic (exact) mass is 145 g/mol. The quantitative estimate of drug-likeness (QED) is 0.542. The van der Waals surface area contributed by atoms with Crippen LogP contribution in [0.2, 0.25) is 0 Å². The predicted molar refractivity (Wildman–Crippen MR) is 40.8 cm³/mol. The van der Waals surface area contributed by atoms with Crippen molar-refractivity contribution in [1.29, 1.82) is 0 Å². The highest BCUT2D eigenvalue weighted by Gasteiger charge is 2.24. The maximum atomic E-state index is 13.0. The van der Waals surface area contributed by atoms with Crippen LogP contribution in [0.15, 0.2) is 0 Å². The summed E-state index contributed by atoms with van der Waals surface area (Å²) in [6.45, 7) is 6.81. The number of rotatable bonds is 1. The Labute approximate surface area is 62.2 Å². The molecule has 0 bridgehead atoms. The number of halogens is 1. The maximum absolute atomic E-state index is 13.0. The third kappa shape index (κ3) is 1.69. The van der Waals surface area contributed by atoms with Crippen LogP contribution >= 0.6 is 0 Å². The second kappa shape index (κ2) is 3.33. The summed E-state index contributed by atoms with van der Waals surface area (Å²) >= 11 is 0. The van der Waals surface area contributed by atoms with Gasteiger partial charge in [-0.1, -0.05) is 13.8 Å². The van der Waals surface area contributed by atoms with Crippen LogP contribution in [-0.2, 0) is 0 Å². The Morgan fingerprint density at radius 3 is 2.80 bits per heavy atom. The van der Waals surface area contributed by atoms with E-state index in [1.807, 2.05) is 6.92 Å². The van der Waals surface area contributed by atoms with Crippen LogP contribution in [0.1, 0.15) is 20.3 Å². The molecule has 0 aromatic carbocycles. The van der Waals surface area contributed by atoms with Crippen LogP contribution in [0.3, 0.4) is 0 Å². The minimum atomic E-state index is -0.589. The lowest BCUT2D eigenvalue weighted by atomic mass is 9.97. The molecule has 0 spiro atoms. The number of alkyl halides is 1. The molecule has 2 unspecified atom stereocenters. The molecule has 0 radical (unpaired) electrons. The molecule has 1 aliphatic heterocycles. The molecule has 1 heterocycles. The molecule has 1 aliphatic rings. The summed E-state index contributed by atoms with van der Waals surface area (Å²) in [6.07, 6.45) is 0.434. The van der Waals surface area contributed by atoms with E-state index in [0.717, 1.165) is 19.5 Å². The van der Waals surface area contributed by atoms with E-state index in [9.17, 15) is 4.39 Å². The van der Waals surface area contributed by atoms with Crippen LogP contribution in [-0.4, -0.2) is 30.7 Å². The van der Waals surface area contributed by atoms with Gasteiger partial charge in [0.15, 0.2) is 0 Å². The molecule has 1 saturated heterocycles. The molecule has 2 heteroatoms. The first-order valence-electron chi connectivity index (χ1n) is 4.10. The summed E-state index contributed by atoms with van der Waals surface area (Å²) in [5, 5.41) is 0. The van der Waals surface area contributed by atoms with Crippen molar-refractivity contribution in [3.8, 4) is 0 Å². The summed E-state index contributed by atoms with van der Waals surface area (Å²) in [7, 11) is 0. The number of nitrogens with zero attached hydrogens (tertiary/aromatic N) is 1. The first kappa shape index (κ1) is 7.99. The van der Waals surface area contributed by atoms with Gasteiger partial charge in [-0.25, -0.2) is 4.39 Å². The van der Waals surface area contributed by atoms with Gasteiger partial charge in [0.2, 0.25) is 0 Å². The van der Waals surface area contributed by atoms with Crippen molar-refractivity contribution < 1.29 is 4.39 Å². The minimum absolute atomic E-state index is 0.280. The van der Waals surface area contributed by atoms with Crippen LogP contribution in [0.5, 0.6) is 0 Å². The number of likely N-dealkylation sites (tertiary alicyclic amines) is 1. The zero-order valence-corrected chi connectivity index (χ0v) is 6.81. The molecule has 1 fully saturated rings. The second-order valence-corrected chi connectivity index (χ2v) is 3.18. The van der Waals surface area contributed by atoms with E-state index < -0.39 is 6.17 Å². The Kier molecular flexibility index (Phi) is 2.66. The highest BCUT2D eigenvalue weighted by Crippen LogP contribution is 2.18. The predicted octanol–water partition coefficient (Wildman–Crippen LogP) is 1.69. The fourth-order valence-corrected chi connectivity index (χ4v) is 1.37. The summed E-state index contributed by atoms with van der Waals surface area (Å²) in [4.78, 5) is 2.17. The summed E-state index contributed by atoms with van der Waals surface area (Å²) in [5.41, 5.74) is 0. The van der Waals surface area contributed by atoms with Gasteiger partial charge in [0.25, 0.3) is 0 Å². The lowest BCUT2D eigenvalue weighted by molar-refractivity contribution is 0.0975. The zero-order chi connectivity index (χ0) is 7.56. The van der Waals surface area contributed by atoms with Gasteiger partial charge in [0.1, 0.15) is 6.17 Å². The number of piperidine rings is 1. The van der Waals surface area contributed by atoms with Crippen LogP contribution in [0.4, 0.5) is 4.39 Å². The highest BCUT2D eigenvalue weighted by molar-refractivity contribution is 4.76. The SMILES string of the molecule is CCN1CCC(C)C(F)C1. The summed E-state index contributed by atoms with van der Waals surface area (Å²) in [5.74, 6) is 0.280. The molecule has 2 atom stereocenters. The van der Waals surface area contributed by atoms with E-state index in [1.165, 1.54) is 0 Å². The molecule has 0 aliphatic carbocycles. The van der Waals surface area contributed by atoms with Crippen molar-refractivity contribution in [2.75, 3.05) is 19.6 Å². The van der Waals surface area contributed by atoms with E-state index >= 15 is 0 Å². The van der Waals surface area contributed by atoms with Gasteiger partial charge >= 0.3 is 0 Å². The van der Waals surface area contributed by atoms with Crippen molar-refractivity contribution in [3.05, 3.63) is 0 Å². The molecule has 0 aromatic heterocycles. The van der Waals surface area contributed by atoms with Crippen molar-refractivity contribution in [2.45, 2.75) is 26.4 Å². The normalized spacial score (nSPS) is 36.3. The maximum Gasteiger partial charge on any atom is 0.115 e. The van der Waals surface area contributed by atoms with Gasteiger partial charge in [-0.15, -0.1) is 0 Å². The Balaban J connectivity index is 2.33. The fourth-order valence-electron chi connectivity index (χ4n) is 1.37. The van der Waals surface area contributed by atoms with Crippen molar-refractivity contribution in [1.82, 2.24) is 4.90 Å². The molecular weight excluding hydrogens is 129 g/mol. The Hall–Kier alpha value is -0.110. The lowest BCUT2D eigenvalue weighted by Gasteiger charge is -2.31. The average molecular weight is 145 g/mol. The third-order valence-electron chi connectivity index (χ3n) is 2.40. The fraction of sp³-hybridized carbons (Fsp3) is 1.00. The molecule has 0 aromatic rings. The van der Waals surface area contributed by atoms with E-state index in [1.54, 1.807) is 0 Å². The van der Waals surface area contributed by atoms with Crippen molar-refractivity contribution in [3.63, 3.8) is 0 Å². The van der Waals surface area contributed by atoms with E-state index in [4.69, 9.17) is 0 Å². The van der Waals surface area contributed by atoms with Gasteiger partial charge in [-0.3, -0.25) is 0 Å². The first-order chi connectivity index (χ1) is 4.74. The number of hydrogen-bond acceptors (Lipinski definition) is 1. The Morgan fingerprint density at radius 1 is 1.60 bits per heavy atom. The second-order valence-electron chi connectivity index (χ2n) is 3.18. The standard InChI is InChI=1S/C8H16FN/c1-3-10-5-4-7(2)8(9)6-10/h7-8H,3-6H2,1-2H3. The van der Waals surface area contributed by atoms with Crippen molar-refractivity contribution >= 4 is 0 Å². The van der Waals surface area contributed by atoms with Gasteiger partial charge in [0, 0.05) is 6.54 Å². The number of hydrogen-bond donors (Lipinski definition) is 0. The zero-order valence-electron chi connectivity index (χ0n) is 6.81. The molecular formula is C8H16FN. The van der Waals surface area contributed by atoms with Gasteiger partial charge in [-0.2, -0.15) is 0 Å². The van der Waals surface area contributed by atoms with E-state index in [0.29, 0.717) is 6.54 Å². The van der Waals surface area contributed by atoms with Gasteiger partial charge < -0.3 is 4.90 Å². The average Bonchev–Trinajstić information content (AvgIpc) is 1.95. The Morgan fingerprint density at radius 2 is 2.30 bits per heavy atom. The molecule has 1 rings (SSSR count). The van der Waals surface area contributed by atoms with Crippen LogP contribution in [0, 0.1) is 5.92 Å². The summed E-state index contributed by atoms with van der Waals surface area (Å²) < 4.78 is 13.0. The van der Waals surface area contributed by atoms with Gasteiger partial charge in [-0.05, 0) is 25.4 Å². The minimum Gasteiger partial charge on any atom is -0.301 e. The molecule has 0 saturated carbocycles. The smallest absolute Gasteiger partial charge is 0.115 e. The molecule has 60 valence electrons. The van der Waals surface area contributed by atoms with Gasteiger partial charge in [0.05, 0.1) is 0 Å². The highest BCUT2D eigenvalue weighted by atomic mass is 19.1. The van der Waals surface area contributed by atoms with E-state index in [2.05, 4.69) is 11.8 Å². The van der Waals surface area contributed by atoms with Crippen molar-refractivity contribution in [2.24, 2.45) is 5.92 Å². The van der Waals surface area contributed by atoms with Crippen LogP contribution < -0.4 is 0 Å².